The van der Waals surface area contributed by atoms with Crippen LogP contribution in [0.15, 0.2) is 48.5 Å². The second kappa shape index (κ2) is 7.34. The van der Waals surface area contributed by atoms with E-state index in [0.29, 0.717) is 5.69 Å². The number of aromatic hydroxyl groups is 1. The molecule has 4 heteroatoms. The molecule has 2 N–H and O–H groups in total. The fraction of sp³-hybridized carbons (Fsp3) is 0.238. The Balaban J connectivity index is 2.13. The van der Waals surface area contributed by atoms with Crippen LogP contribution in [0.4, 0.5) is 5.69 Å². The molecule has 0 unspecified atom stereocenters. The van der Waals surface area contributed by atoms with E-state index in [0.717, 1.165) is 5.56 Å². The molecule has 130 valence electrons. The van der Waals surface area contributed by atoms with Gasteiger partial charge in [0, 0.05) is 18.7 Å². The minimum Gasteiger partial charge on any atom is -0.507 e. The van der Waals surface area contributed by atoms with Gasteiger partial charge in [0.05, 0.1) is 5.56 Å². The number of hydrogen-bond donors (Lipinski definition) is 2. The Hall–Kier alpha value is -2.88. The Morgan fingerprint density at radius 3 is 2.20 bits per heavy atom. The van der Waals surface area contributed by atoms with Gasteiger partial charge in [-0.3, -0.25) is 9.59 Å². The average Bonchev–Trinajstić information content (AvgIpc) is 2.51. The first-order chi connectivity index (χ1) is 11.7. The highest BCUT2D eigenvalue weighted by Crippen LogP contribution is 2.24. The van der Waals surface area contributed by atoms with E-state index in [1.807, 2.05) is 24.3 Å². The molecule has 0 bridgehead atoms. The zero-order valence-corrected chi connectivity index (χ0v) is 15.0. The van der Waals surface area contributed by atoms with Crippen molar-refractivity contribution >= 4 is 23.5 Å². The number of carbonyl (C=O) groups is 2. The highest BCUT2D eigenvalue weighted by molar-refractivity contribution is 6.09. The number of phenolic OH excluding ortho intramolecular Hbond substituents is 1. The van der Waals surface area contributed by atoms with Crippen LogP contribution in [0.25, 0.3) is 6.08 Å². The van der Waals surface area contributed by atoms with E-state index in [9.17, 15) is 14.7 Å². The molecule has 2 rings (SSSR count). The molecule has 2 aromatic rings. The summed E-state index contributed by atoms with van der Waals surface area (Å²) in [5.41, 5.74) is 2.86. The van der Waals surface area contributed by atoms with Crippen LogP contribution in [0.5, 0.6) is 5.75 Å². The molecule has 0 atom stereocenters. The molecule has 0 radical (unpaired) electrons. The molecule has 0 saturated heterocycles. The maximum atomic E-state index is 12.3. The minimum absolute atomic E-state index is 0.0828. The van der Waals surface area contributed by atoms with E-state index in [1.165, 1.54) is 30.7 Å². The smallest absolute Gasteiger partial charge is 0.221 e. The van der Waals surface area contributed by atoms with Gasteiger partial charge in [-0.05, 0) is 34.8 Å². The predicted octanol–water partition coefficient (Wildman–Crippen LogP) is 4.54. The third-order valence-electron chi connectivity index (χ3n) is 3.79. The number of ketones is 1. The molecule has 0 aliphatic rings. The molecular weight excluding hydrogens is 314 g/mol. The van der Waals surface area contributed by atoms with Crippen molar-refractivity contribution in [1.82, 2.24) is 0 Å². The van der Waals surface area contributed by atoms with Gasteiger partial charge in [0.2, 0.25) is 5.91 Å². The summed E-state index contributed by atoms with van der Waals surface area (Å²) < 4.78 is 0. The Kier molecular flexibility index (Phi) is 5.42. The number of amides is 1. The molecule has 4 nitrogen and oxygen atoms in total. The van der Waals surface area contributed by atoms with Gasteiger partial charge in [0.25, 0.3) is 0 Å². The minimum atomic E-state index is -0.299. The maximum absolute atomic E-state index is 12.3. The summed E-state index contributed by atoms with van der Waals surface area (Å²) in [6.07, 6.45) is 3.15. The summed E-state index contributed by atoms with van der Waals surface area (Å²) in [6.45, 7) is 7.82. The monoisotopic (exact) mass is 337 g/mol. The Bertz CT molecular complexity index is 812. The van der Waals surface area contributed by atoms with Crippen molar-refractivity contribution in [3.63, 3.8) is 0 Å². The molecule has 1 amide bonds. The number of carbonyl (C=O) groups excluding carboxylic acids is 2. The molecular formula is C21H23NO3. The molecule has 0 aromatic heterocycles. The van der Waals surface area contributed by atoms with E-state index in [-0.39, 0.29) is 28.4 Å². The summed E-state index contributed by atoms with van der Waals surface area (Å²) in [5, 5.41) is 12.6. The van der Waals surface area contributed by atoms with Gasteiger partial charge in [0.1, 0.15) is 5.75 Å². The van der Waals surface area contributed by atoms with Crippen LogP contribution in [-0.2, 0) is 10.2 Å². The summed E-state index contributed by atoms with van der Waals surface area (Å²) >= 11 is 0. The van der Waals surface area contributed by atoms with Crippen molar-refractivity contribution in [3.8, 4) is 5.75 Å². The second-order valence-electron chi connectivity index (χ2n) is 6.98. The Labute approximate surface area is 148 Å². The van der Waals surface area contributed by atoms with E-state index in [4.69, 9.17) is 0 Å². The number of benzene rings is 2. The molecule has 0 saturated carbocycles. The largest absolute Gasteiger partial charge is 0.507 e. The van der Waals surface area contributed by atoms with E-state index < -0.39 is 0 Å². The number of phenols is 1. The lowest BCUT2D eigenvalue weighted by atomic mass is 9.87. The Morgan fingerprint density at radius 2 is 1.68 bits per heavy atom. The fourth-order valence-electron chi connectivity index (χ4n) is 2.38. The highest BCUT2D eigenvalue weighted by Gasteiger charge is 2.13. The van der Waals surface area contributed by atoms with Gasteiger partial charge >= 0.3 is 0 Å². The van der Waals surface area contributed by atoms with Crippen molar-refractivity contribution in [2.75, 3.05) is 5.32 Å². The highest BCUT2D eigenvalue weighted by atomic mass is 16.3. The van der Waals surface area contributed by atoms with Gasteiger partial charge in [-0.15, -0.1) is 0 Å². The van der Waals surface area contributed by atoms with E-state index in [2.05, 4.69) is 26.1 Å². The lowest BCUT2D eigenvalue weighted by Crippen LogP contribution is -2.10. The summed E-state index contributed by atoms with van der Waals surface area (Å²) in [7, 11) is 0. The lowest BCUT2D eigenvalue weighted by Gasteiger charge is -2.18. The fourth-order valence-corrected chi connectivity index (χ4v) is 2.38. The van der Waals surface area contributed by atoms with Crippen LogP contribution in [0.3, 0.4) is 0 Å². The van der Waals surface area contributed by atoms with Crippen LogP contribution < -0.4 is 5.32 Å². The topological polar surface area (TPSA) is 66.4 Å². The number of hydrogen-bond acceptors (Lipinski definition) is 3. The van der Waals surface area contributed by atoms with Crippen molar-refractivity contribution < 1.29 is 14.7 Å². The maximum Gasteiger partial charge on any atom is 0.221 e. The molecule has 0 fully saturated rings. The number of nitrogens with one attached hydrogen (secondary N) is 1. The zero-order chi connectivity index (χ0) is 18.6. The first kappa shape index (κ1) is 18.5. The van der Waals surface area contributed by atoms with Crippen molar-refractivity contribution in [1.29, 1.82) is 0 Å². The quantitative estimate of drug-likeness (QED) is 0.635. The molecule has 0 spiro atoms. The molecule has 25 heavy (non-hydrogen) atoms. The van der Waals surface area contributed by atoms with Crippen LogP contribution in [0.1, 0.15) is 49.2 Å². The molecule has 0 aliphatic heterocycles. The van der Waals surface area contributed by atoms with Crippen molar-refractivity contribution in [2.45, 2.75) is 33.1 Å². The standard InChI is InChI=1S/C21H23NO3/c1-14(23)22-17-10-11-18(20(25)13-17)19(24)12-7-15-5-8-16(9-6-15)21(2,3)4/h5-13,25H,1-4H3,(H,22,23). The van der Waals surface area contributed by atoms with Gasteiger partial charge < -0.3 is 10.4 Å². The first-order valence-electron chi connectivity index (χ1n) is 8.10. The summed E-state index contributed by atoms with van der Waals surface area (Å²) in [4.78, 5) is 23.3. The molecule has 0 aliphatic carbocycles. The zero-order valence-electron chi connectivity index (χ0n) is 15.0. The molecule has 0 heterocycles. The number of rotatable bonds is 4. The van der Waals surface area contributed by atoms with Gasteiger partial charge in [-0.1, -0.05) is 51.1 Å². The first-order valence-corrected chi connectivity index (χ1v) is 8.10. The van der Waals surface area contributed by atoms with Gasteiger partial charge in [-0.25, -0.2) is 0 Å². The second-order valence-corrected chi connectivity index (χ2v) is 6.98. The SMILES string of the molecule is CC(=O)Nc1ccc(C(=O)C=Cc2ccc(C(C)(C)C)cc2)c(O)c1. The number of allylic oxidation sites excluding steroid dienone is 1. The summed E-state index contributed by atoms with van der Waals surface area (Å²) in [6, 6.07) is 12.5. The van der Waals surface area contributed by atoms with Crippen LogP contribution in [0.2, 0.25) is 0 Å². The van der Waals surface area contributed by atoms with Crippen LogP contribution in [0, 0.1) is 0 Å². The third kappa shape index (κ3) is 5.05. The van der Waals surface area contributed by atoms with Crippen molar-refractivity contribution in [3.05, 3.63) is 65.2 Å². The lowest BCUT2D eigenvalue weighted by molar-refractivity contribution is -0.114. The summed E-state index contributed by atoms with van der Waals surface area (Å²) in [5.74, 6) is -0.701. The van der Waals surface area contributed by atoms with Crippen LogP contribution in [-0.4, -0.2) is 16.8 Å². The van der Waals surface area contributed by atoms with Gasteiger partial charge in [-0.2, -0.15) is 0 Å². The number of anilines is 1. The van der Waals surface area contributed by atoms with Gasteiger partial charge in [0.15, 0.2) is 5.78 Å². The third-order valence-corrected chi connectivity index (χ3v) is 3.79. The van der Waals surface area contributed by atoms with E-state index in [1.54, 1.807) is 12.1 Å². The van der Waals surface area contributed by atoms with Crippen molar-refractivity contribution in [2.24, 2.45) is 0 Å². The van der Waals surface area contributed by atoms with E-state index >= 15 is 0 Å². The predicted molar refractivity (Wildman–Crippen MR) is 101 cm³/mol. The molecule has 2 aromatic carbocycles. The van der Waals surface area contributed by atoms with Crippen LogP contribution >= 0.6 is 0 Å². The Morgan fingerprint density at radius 1 is 1.04 bits per heavy atom. The average molecular weight is 337 g/mol. The normalized spacial score (nSPS) is 11.5.